The van der Waals surface area contributed by atoms with Crippen molar-refractivity contribution in [2.24, 2.45) is 5.92 Å². The van der Waals surface area contributed by atoms with E-state index in [0.29, 0.717) is 24.7 Å². The zero-order valence-electron chi connectivity index (χ0n) is 18.0. The monoisotopic (exact) mass is 473 g/mol. The molecule has 3 aromatic rings. The first kappa shape index (κ1) is 23.3. The SMILES string of the molecule is O=[N+]([O-])c1c(Nc2ccc(OC(F)(F)F)cc2)ncnc1N1CCC(Cc2ccccc2)CC1. The van der Waals surface area contributed by atoms with Crippen LogP contribution in [0.1, 0.15) is 18.4 Å². The van der Waals surface area contributed by atoms with Gasteiger partial charge >= 0.3 is 12.0 Å². The molecule has 2 heterocycles. The molecule has 1 N–H and O–H groups in total. The van der Waals surface area contributed by atoms with Gasteiger partial charge in [-0.2, -0.15) is 0 Å². The molecular weight excluding hydrogens is 451 g/mol. The topological polar surface area (TPSA) is 93.4 Å². The highest BCUT2D eigenvalue weighted by atomic mass is 19.4. The van der Waals surface area contributed by atoms with Crippen LogP contribution in [0, 0.1) is 16.0 Å². The number of nitro groups is 1. The van der Waals surface area contributed by atoms with Crippen molar-refractivity contribution in [2.45, 2.75) is 25.6 Å². The first-order valence-corrected chi connectivity index (χ1v) is 10.7. The van der Waals surface area contributed by atoms with Gasteiger partial charge in [-0.1, -0.05) is 30.3 Å². The highest BCUT2D eigenvalue weighted by Crippen LogP contribution is 2.36. The Morgan fingerprint density at radius 1 is 1.06 bits per heavy atom. The third-order valence-corrected chi connectivity index (χ3v) is 5.62. The fourth-order valence-electron chi connectivity index (χ4n) is 4.03. The van der Waals surface area contributed by atoms with E-state index in [1.165, 1.54) is 24.0 Å². The van der Waals surface area contributed by atoms with Crippen LogP contribution >= 0.6 is 0 Å². The molecule has 0 amide bonds. The molecule has 8 nitrogen and oxygen atoms in total. The molecule has 11 heteroatoms. The van der Waals surface area contributed by atoms with Crippen molar-refractivity contribution in [3.63, 3.8) is 0 Å². The zero-order chi connectivity index (χ0) is 24.1. The number of alkyl halides is 3. The lowest BCUT2D eigenvalue weighted by Crippen LogP contribution is -2.35. The molecule has 0 radical (unpaired) electrons. The third-order valence-electron chi connectivity index (χ3n) is 5.62. The number of benzene rings is 2. The van der Waals surface area contributed by atoms with E-state index < -0.39 is 17.0 Å². The Balaban J connectivity index is 1.47. The van der Waals surface area contributed by atoms with Gasteiger partial charge in [0.2, 0.25) is 11.6 Å². The summed E-state index contributed by atoms with van der Waals surface area (Å²) < 4.78 is 40.9. The van der Waals surface area contributed by atoms with Gasteiger partial charge in [0.05, 0.1) is 4.92 Å². The Bertz CT molecular complexity index is 1120. The zero-order valence-corrected chi connectivity index (χ0v) is 18.0. The maximum absolute atomic E-state index is 12.4. The fraction of sp³-hybridized carbons (Fsp3) is 0.304. The van der Waals surface area contributed by atoms with Crippen molar-refractivity contribution < 1.29 is 22.8 Å². The van der Waals surface area contributed by atoms with Crippen molar-refractivity contribution in [2.75, 3.05) is 23.3 Å². The van der Waals surface area contributed by atoms with Crippen molar-refractivity contribution in [1.29, 1.82) is 0 Å². The molecule has 1 aliphatic heterocycles. The molecule has 0 unspecified atom stereocenters. The normalized spacial score (nSPS) is 14.6. The molecule has 0 spiro atoms. The number of nitrogens with zero attached hydrogens (tertiary/aromatic N) is 4. The second kappa shape index (κ2) is 9.94. The number of hydrogen-bond donors (Lipinski definition) is 1. The first-order valence-electron chi connectivity index (χ1n) is 10.7. The summed E-state index contributed by atoms with van der Waals surface area (Å²) in [4.78, 5) is 21.4. The average Bonchev–Trinajstić information content (AvgIpc) is 2.80. The molecule has 0 bridgehead atoms. The predicted octanol–water partition coefficient (Wildman–Crippen LogP) is 5.49. The van der Waals surface area contributed by atoms with Gasteiger partial charge < -0.3 is 15.0 Å². The van der Waals surface area contributed by atoms with Crippen LogP contribution in [-0.2, 0) is 6.42 Å². The van der Waals surface area contributed by atoms with E-state index >= 15 is 0 Å². The standard InChI is InChI=1S/C23H22F3N5O3/c24-23(25,26)34-19-8-6-18(7-9-19)29-21-20(31(32)33)22(28-15-27-21)30-12-10-17(11-13-30)14-16-4-2-1-3-5-16/h1-9,15,17H,10-14H2,(H,27,28,29). The molecule has 1 fully saturated rings. The summed E-state index contributed by atoms with van der Waals surface area (Å²) in [5, 5.41) is 14.7. The molecule has 34 heavy (non-hydrogen) atoms. The highest BCUT2D eigenvalue weighted by molar-refractivity contribution is 5.74. The smallest absolute Gasteiger partial charge is 0.406 e. The van der Waals surface area contributed by atoms with Crippen molar-refractivity contribution in [3.05, 3.63) is 76.6 Å². The van der Waals surface area contributed by atoms with Crippen LogP contribution in [0.25, 0.3) is 0 Å². The van der Waals surface area contributed by atoms with Crippen LogP contribution in [-0.4, -0.2) is 34.3 Å². The van der Waals surface area contributed by atoms with Gasteiger partial charge in [0, 0.05) is 18.8 Å². The molecule has 0 atom stereocenters. The van der Waals surface area contributed by atoms with Crippen LogP contribution in [0.4, 0.5) is 36.2 Å². The minimum Gasteiger partial charge on any atom is -0.406 e. The fourth-order valence-corrected chi connectivity index (χ4v) is 4.03. The van der Waals surface area contributed by atoms with E-state index in [0.717, 1.165) is 31.4 Å². The van der Waals surface area contributed by atoms with Crippen LogP contribution < -0.4 is 15.0 Å². The van der Waals surface area contributed by atoms with Crippen molar-refractivity contribution in [3.8, 4) is 5.75 Å². The molecule has 1 saturated heterocycles. The Labute approximate surface area is 193 Å². The summed E-state index contributed by atoms with van der Waals surface area (Å²) in [6.07, 6.45) is -0.855. The molecular formula is C23H22F3N5O3. The van der Waals surface area contributed by atoms with Gasteiger partial charge in [-0.3, -0.25) is 10.1 Å². The maximum Gasteiger partial charge on any atom is 0.573 e. The number of rotatable bonds is 7. The Kier molecular flexibility index (Phi) is 6.80. The van der Waals surface area contributed by atoms with Crippen LogP contribution in [0.15, 0.2) is 60.9 Å². The van der Waals surface area contributed by atoms with Crippen LogP contribution in [0.3, 0.4) is 0 Å². The molecule has 2 aromatic carbocycles. The molecule has 1 aromatic heterocycles. The summed E-state index contributed by atoms with van der Waals surface area (Å²) >= 11 is 0. The molecule has 0 saturated carbocycles. The summed E-state index contributed by atoms with van der Waals surface area (Å²) in [5.74, 6) is 0.271. The van der Waals surface area contributed by atoms with E-state index in [2.05, 4.69) is 32.2 Å². The van der Waals surface area contributed by atoms with E-state index in [1.807, 2.05) is 23.1 Å². The molecule has 4 rings (SSSR count). The van der Waals surface area contributed by atoms with Crippen LogP contribution in [0.5, 0.6) is 5.75 Å². The number of anilines is 3. The molecule has 1 aliphatic rings. The summed E-state index contributed by atoms with van der Waals surface area (Å²) in [7, 11) is 0. The number of halogens is 3. The Morgan fingerprint density at radius 3 is 2.35 bits per heavy atom. The second-order valence-corrected chi connectivity index (χ2v) is 7.97. The molecule has 178 valence electrons. The third kappa shape index (κ3) is 5.91. The lowest BCUT2D eigenvalue weighted by molar-refractivity contribution is -0.383. The van der Waals surface area contributed by atoms with E-state index in [4.69, 9.17) is 0 Å². The number of hydrogen-bond acceptors (Lipinski definition) is 7. The number of ether oxygens (including phenoxy) is 1. The number of aromatic nitrogens is 2. The molecule has 0 aliphatic carbocycles. The van der Waals surface area contributed by atoms with Gasteiger partial charge in [0.1, 0.15) is 12.1 Å². The van der Waals surface area contributed by atoms with E-state index in [9.17, 15) is 23.3 Å². The van der Waals surface area contributed by atoms with Gasteiger partial charge in [0.25, 0.3) is 0 Å². The number of piperidine rings is 1. The van der Waals surface area contributed by atoms with Crippen LogP contribution in [0.2, 0.25) is 0 Å². The maximum atomic E-state index is 12.4. The van der Waals surface area contributed by atoms with Gasteiger partial charge in [0.15, 0.2) is 0 Å². The predicted molar refractivity (Wildman–Crippen MR) is 120 cm³/mol. The summed E-state index contributed by atoms with van der Waals surface area (Å²) in [6.45, 7) is 1.25. The lowest BCUT2D eigenvalue weighted by atomic mass is 9.90. The van der Waals surface area contributed by atoms with Gasteiger partial charge in [-0.15, -0.1) is 13.2 Å². The Morgan fingerprint density at radius 2 is 1.74 bits per heavy atom. The van der Waals surface area contributed by atoms with Gasteiger partial charge in [-0.25, -0.2) is 9.97 Å². The first-order chi connectivity index (χ1) is 16.3. The second-order valence-electron chi connectivity index (χ2n) is 7.97. The highest BCUT2D eigenvalue weighted by Gasteiger charge is 2.32. The Hall–Kier alpha value is -3.89. The minimum absolute atomic E-state index is 0.0362. The van der Waals surface area contributed by atoms with E-state index in [-0.39, 0.29) is 17.3 Å². The largest absolute Gasteiger partial charge is 0.573 e. The lowest BCUT2D eigenvalue weighted by Gasteiger charge is -2.32. The quantitative estimate of drug-likeness (QED) is 0.358. The summed E-state index contributed by atoms with van der Waals surface area (Å²) in [5.41, 5.74) is 1.32. The van der Waals surface area contributed by atoms with Crippen molar-refractivity contribution in [1.82, 2.24) is 9.97 Å². The minimum atomic E-state index is -4.80. The number of nitrogens with one attached hydrogen (secondary N) is 1. The average molecular weight is 473 g/mol. The van der Waals surface area contributed by atoms with Gasteiger partial charge in [-0.05, 0) is 55.0 Å². The summed E-state index contributed by atoms with van der Waals surface area (Å²) in [6, 6.07) is 15.1. The van der Waals surface area contributed by atoms with Crippen molar-refractivity contribution >= 4 is 23.0 Å². The van der Waals surface area contributed by atoms with E-state index in [1.54, 1.807) is 0 Å².